The fraction of sp³-hybridized carbons (Fsp3) is 0.333. The Labute approximate surface area is 184 Å². The second kappa shape index (κ2) is 8.90. The highest BCUT2D eigenvalue weighted by Gasteiger charge is 2.47. The first-order valence-corrected chi connectivity index (χ1v) is 10.5. The van der Waals surface area contributed by atoms with Crippen LogP contribution in [0.5, 0.6) is 0 Å². The molecule has 32 heavy (non-hydrogen) atoms. The number of anilines is 1. The van der Waals surface area contributed by atoms with Crippen molar-refractivity contribution in [2.75, 3.05) is 12.0 Å². The quantitative estimate of drug-likeness (QED) is 0.528. The van der Waals surface area contributed by atoms with E-state index in [1.54, 1.807) is 0 Å². The van der Waals surface area contributed by atoms with Crippen molar-refractivity contribution in [3.05, 3.63) is 65.5 Å². The Morgan fingerprint density at radius 3 is 2.16 bits per heavy atom. The molecule has 0 radical (unpaired) electrons. The van der Waals surface area contributed by atoms with Crippen molar-refractivity contribution < 1.29 is 28.3 Å². The summed E-state index contributed by atoms with van der Waals surface area (Å²) in [7, 11) is 1.27. The zero-order chi connectivity index (χ0) is 22.8. The van der Waals surface area contributed by atoms with Gasteiger partial charge in [0.05, 0.1) is 24.8 Å². The van der Waals surface area contributed by atoms with Gasteiger partial charge in [0.1, 0.15) is 11.9 Å². The highest BCUT2D eigenvalue weighted by molar-refractivity contribution is 6.23. The van der Waals surface area contributed by atoms with E-state index in [-0.39, 0.29) is 23.9 Å². The normalized spacial score (nSPS) is 18.8. The Morgan fingerprint density at radius 2 is 1.56 bits per heavy atom. The van der Waals surface area contributed by atoms with E-state index >= 15 is 0 Å². The first kappa shape index (κ1) is 21.7. The van der Waals surface area contributed by atoms with Crippen LogP contribution < -0.4 is 4.90 Å². The molecule has 0 N–H and O–H groups in total. The van der Waals surface area contributed by atoms with Gasteiger partial charge in [-0.2, -0.15) is 0 Å². The molecule has 2 aromatic carbocycles. The molecule has 166 valence electrons. The number of carbonyl (C=O) groups excluding carboxylic acids is 4. The summed E-state index contributed by atoms with van der Waals surface area (Å²) in [4.78, 5) is 53.7. The van der Waals surface area contributed by atoms with E-state index in [2.05, 4.69) is 4.74 Å². The molecule has 0 spiro atoms. The van der Waals surface area contributed by atoms with Gasteiger partial charge in [0.25, 0.3) is 11.8 Å². The van der Waals surface area contributed by atoms with E-state index < -0.39 is 29.6 Å². The number of nitrogens with zero attached hydrogens (tertiary/aromatic N) is 2. The summed E-state index contributed by atoms with van der Waals surface area (Å²) in [6, 6.07) is 10.1. The molecule has 7 nitrogen and oxygen atoms in total. The lowest BCUT2D eigenvalue weighted by Gasteiger charge is -2.33. The van der Waals surface area contributed by atoms with Crippen LogP contribution in [0.25, 0.3) is 0 Å². The van der Waals surface area contributed by atoms with Crippen LogP contribution in [0.4, 0.5) is 10.1 Å². The van der Waals surface area contributed by atoms with Gasteiger partial charge in [0.2, 0.25) is 5.91 Å². The van der Waals surface area contributed by atoms with Crippen LogP contribution in [0.3, 0.4) is 0 Å². The van der Waals surface area contributed by atoms with Crippen molar-refractivity contribution in [2.24, 2.45) is 0 Å². The molecule has 3 amide bonds. The molecule has 1 saturated carbocycles. The van der Waals surface area contributed by atoms with E-state index in [0.29, 0.717) is 11.3 Å². The van der Waals surface area contributed by atoms with Gasteiger partial charge in [-0.3, -0.25) is 14.4 Å². The summed E-state index contributed by atoms with van der Waals surface area (Å²) in [6.07, 6.45) is 3.25. The lowest BCUT2D eigenvalue weighted by atomic mass is 10.1. The van der Waals surface area contributed by atoms with Crippen LogP contribution in [0.15, 0.2) is 48.5 Å². The molecule has 1 atom stereocenters. The van der Waals surface area contributed by atoms with E-state index in [4.69, 9.17) is 0 Å². The summed E-state index contributed by atoms with van der Waals surface area (Å²) in [6.45, 7) is 0. The second-order valence-corrected chi connectivity index (χ2v) is 7.98. The van der Waals surface area contributed by atoms with Crippen LogP contribution in [0.2, 0.25) is 0 Å². The Balaban J connectivity index is 1.63. The van der Waals surface area contributed by atoms with Crippen molar-refractivity contribution in [2.45, 2.75) is 44.2 Å². The summed E-state index contributed by atoms with van der Waals surface area (Å²) in [5, 5.41) is 0. The van der Waals surface area contributed by atoms with Crippen molar-refractivity contribution in [3.63, 3.8) is 0 Å². The largest absolute Gasteiger partial charge is 0.465 e. The maximum atomic E-state index is 13.3. The van der Waals surface area contributed by atoms with Crippen molar-refractivity contribution >= 4 is 29.4 Å². The Kier molecular flexibility index (Phi) is 6.03. The lowest BCUT2D eigenvalue weighted by molar-refractivity contribution is -0.123. The molecule has 8 heteroatoms. The monoisotopic (exact) mass is 438 g/mol. The number of hydrogen-bond acceptors (Lipinski definition) is 5. The number of methoxy groups -OCH3 is 1. The van der Waals surface area contributed by atoms with Gasteiger partial charge >= 0.3 is 5.97 Å². The number of rotatable bonds is 5. The zero-order valence-corrected chi connectivity index (χ0v) is 17.6. The molecule has 4 rings (SSSR count). The molecule has 1 unspecified atom stereocenters. The first-order valence-electron chi connectivity index (χ1n) is 10.5. The van der Waals surface area contributed by atoms with Gasteiger partial charge < -0.3 is 9.64 Å². The third kappa shape index (κ3) is 4.00. The molecule has 0 bridgehead atoms. The van der Waals surface area contributed by atoms with Gasteiger partial charge in [-0.15, -0.1) is 0 Å². The summed E-state index contributed by atoms with van der Waals surface area (Å²) in [5.74, 6) is -2.26. The fourth-order valence-electron chi connectivity index (χ4n) is 4.45. The maximum absolute atomic E-state index is 13.3. The summed E-state index contributed by atoms with van der Waals surface area (Å²) in [5.41, 5.74) is 0.904. The number of benzene rings is 2. The molecule has 1 heterocycles. The number of esters is 1. The second-order valence-electron chi connectivity index (χ2n) is 7.98. The number of ether oxygens (including phenoxy) is 1. The van der Waals surface area contributed by atoms with Crippen LogP contribution >= 0.6 is 0 Å². The standard InChI is InChI=1S/C24H23FN2O5/c1-32-24(31)16-8-12-19(13-9-16)27-21(28)14-20(23(27)30)26(18-4-2-3-5-18)22(29)15-6-10-17(25)11-7-15/h6-13,18,20H,2-5,14H2,1H3. The highest BCUT2D eigenvalue weighted by Crippen LogP contribution is 2.33. The van der Waals surface area contributed by atoms with Gasteiger partial charge in [0.15, 0.2) is 0 Å². The summed E-state index contributed by atoms with van der Waals surface area (Å²) >= 11 is 0. The molecular formula is C24H23FN2O5. The Bertz CT molecular complexity index is 1050. The van der Waals surface area contributed by atoms with Crippen LogP contribution in [-0.2, 0) is 14.3 Å². The predicted molar refractivity (Wildman–Crippen MR) is 114 cm³/mol. The van der Waals surface area contributed by atoms with Gasteiger partial charge in [-0.25, -0.2) is 14.1 Å². The molecule has 2 fully saturated rings. The Morgan fingerprint density at radius 1 is 0.969 bits per heavy atom. The molecule has 2 aliphatic rings. The average molecular weight is 438 g/mol. The first-order chi connectivity index (χ1) is 15.4. The van der Waals surface area contributed by atoms with Crippen LogP contribution in [0, 0.1) is 5.82 Å². The number of halogens is 1. The third-order valence-corrected chi connectivity index (χ3v) is 6.05. The topological polar surface area (TPSA) is 84.0 Å². The number of hydrogen-bond donors (Lipinski definition) is 0. The van der Waals surface area contributed by atoms with Crippen molar-refractivity contribution in [1.29, 1.82) is 0 Å². The molecule has 0 aromatic heterocycles. The molecule has 1 saturated heterocycles. The van der Waals surface area contributed by atoms with Gasteiger partial charge in [-0.05, 0) is 61.4 Å². The van der Waals surface area contributed by atoms with Gasteiger partial charge in [-0.1, -0.05) is 12.8 Å². The minimum absolute atomic E-state index is 0.124. The number of amides is 3. The van der Waals surface area contributed by atoms with Gasteiger partial charge in [0, 0.05) is 11.6 Å². The molecule has 1 aliphatic heterocycles. The zero-order valence-electron chi connectivity index (χ0n) is 17.6. The molecule has 2 aromatic rings. The smallest absolute Gasteiger partial charge is 0.337 e. The van der Waals surface area contributed by atoms with Crippen molar-refractivity contribution in [1.82, 2.24) is 4.90 Å². The van der Waals surface area contributed by atoms with Crippen LogP contribution in [0.1, 0.15) is 52.8 Å². The highest BCUT2D eigenvalue weighted by atomic mass is 19.1. The predicted octanol–water partition coefficient (Wildman–Crippen LogP) is 3.33. The molecule has 1 aliphatic carbocycles. The van der Waals surface area contributed by atoms with E-state index in [9.17, 15) is 23.6 Å². The molecular weight excluding hydrogens is 415 g/mol. The van der Waals surface area contributed by atoms with Crippen molar-refractivity contribution in [3.8, 4) is 0 Å². The van der Waals surface area contributed by atoms with E-state index in [1.807, 2.05) is 0 Å². The maximum Gasteiger partial charge on any atom is 0.337 e. The fourth-order valence-corrected chi connectivity index (χ4v) is 4.45. The lowest BCUT2D eigenvalue weighted by Crippen LogP contribution is -2.50. The third-order valence-electron chi connectivity index (χ3n) is 6.05. The number of imide groups is 1. The number of carbonyl (C=O) groups is 4. The van der Waals surface area contributed by atoms with Crippen LogP contribution in [-0.4, -0.2) is 47.8 Å². The summed E-state index contributed by atoms with van der Waals surface area (Å²) < 4.78 is 18.0. The van der Waals surface area contributed by atoms with E-state index in [1.165, 1.54) is 60.5 Å². The van der Waals surface area contributed by atoms with E-state index in [0.717, 1.165) is 30.6 Å². The minimum Gasteiger partial charge on any atom is -0.465 e. The minimum atomic E-state index is -0.927. The Hall–Kier alpha value is -3.55. The average Bonchev–Trinajstić information content (AvgIpc) is 3.42. The SMILES string of the molecule is COC(=O)c1ccc(N2C(=O)CC(N(C(=O)c3ccc(F)cc3)C3CCCC3)C2=O)cc1.